The summed E-state index contributed by atoms with van der Waals surface area (Å²) >= 11 is 6.01. The third-order valence-corrected chi connectivity index (χ3v) is 5.83. The van der Waals surface area contributed by atoms with Crippen LogP contribution in [0.3, 0.4) is 0 Å². The average Bonchev–Trinajstić information content (AvgIpc) is 2.66. The van der Waals surface area contributed by atoms with Crippen molar-refractivity contribution in [3.05, 3.63) is 58.4 Å². The van der Waals surface area contributed by atoms with Crippen LogP contribution < -0.4 is 15.1 Å². The normalized spacial score (nSPS) is 16.3. The zero-order chi connectivity index (χ0) is 19.6. The van der Waals surface area contributed by atoms with Gasteiger partial charge in [-0.15, -0.1) is 0 Å². The Morgan fingerprint density at radius 3 is 2.59 bits per heavy atom. The maximum absolute atomic E-state index is 13.2. The highest BCUT2D eigenvalue weighted by Crippen LogP contribution is 2.23. The number of anilines is 2. The number of quaternary nitrogens is 1. The topological polar surface area (TPSA) is 36.8 Å². The fraction of sp³-hybridized carbons (Fsp3) is 0.381. The Bertz CT molecular complexity index is 834. The molecular formula is C21H26ClFN3O+. The van der Waals surface area contributed by atoms with Crippen LogP contribution in [0.15, 0.2) is 36.4 Å². The summed E-state index contributed by atoms with van der Waals surface area (Å²) in [5, 5.41) is 3.04. The van der Waals surface area contributed by atoms with Gasteiger partial charge in [0.05, 0.1) is 36.9 Å². The van der Waals surface area contributed by atoms with Crippen LogP contribution in [0.25, 0.3) is 0 Å². The predicted octanol–water partition coefficient (Wildman–Crippen LogP) is 2.83. The molecule has 0 spiro atoms. The van der Waals surface area contributed by atoms with E-state index in [2.05, 4.69) is 42.3 Å². The Labute approximate surface area is 164 Å². The highest BCUT2D eigenvalue weighted by atomic mass is 35.5. The molecule has 1 amide bonds. The molecule has 1 heterocycles. The SMILES string of the molecule is Cc1cccc(N2CC[NH+]([C@@H](C)C(=O)Nc3ccc(F)cc3Cl)CC2)c1C. The number of benzene rings is 2. The van der Waals surface area contributed by atoms with Crippen LogP contribution in [0.5, 0.6) is 0 Å². The van der Waals surface area contributed by atoms with Crippen molar-refractivity contribution >= 4 is 28.9 Å². The number of nitrogens with zero attached hydrogens (tertiary/aromatic N) is 1. The van der Waals surface area contributed by atoms with Crippen molar-refractivity contribution in [2.24, 2.45) is 0 Å². The fourth-order valence-corrected chi connectivity index (χ4v) is 3.78. The smallest absolute Gasteiger partial charge is 0.282 e. The van der Waals surface area contributed by atoms with Crippen molar-refractivity contribution < 1.29 is 14.1 Å². The van der Waals surface area contributed by atoms with Crippen LogP contribution in [0.2, 0.25) is 5.02 Å². The fourth-order valence-electron chi connectivity index (χ4n) is 3.56. The van der Waals surface area contributed by atoms with Crippen molar-refractivity contribution in [1.82, 2.24) is 0 Å². The second-order valence-electron chi connectivity index (χ2n) is 7.20. The minimum Gasteiger partial charge on any atom is -0.360 e. The summed E-state index contributed by atoms with van der Waals surface area (Å²) in [6.07, 6.45) is 0. The molecule has 0 saturated carbocycles. The van der Waals surface area contributed by atoms with E-state index in [0.717, 1.165) is 26.2 Å². The Hall–Kier alpha value is -2.11. The van der Waals surface area contributed by atoms with Gasteiger partial charge in [0, 0.05) is 5.69 Å². The molecule has 2 aromatic carbocycles. The lowest BCUT2D eigenvalue weighted by molar-refractivity contribution is -0.914. The van der Waals surface area contributed by atoms with E-state index in [0.29, 0.717) is 5.69 Å². The van der Waals surface area contributed by atoms with Gasteiger partial charge in [-0.05, 0) is 56.2 Å². The van der Waals surface area contributed by atoms with Crippen molar-refractivity contribution in [3.63, 3.8) is 0 Å². The van der Waals surface area contributed by atoms with Gasteiger partial charge in [-0.2, -0.15) is 0 Å². The maximum Gasteiger partial charge on any atom is 0.282 e. The first kappa shape index (κ1) is 19.6. The second-order valence-corrected chi connectivity index (χ2v) is 7.61. The molecule has 0 unspecified atom stereocenters. The third-order valence-electron chi connectivity index (χ3n) is 5.52. The lowest BCUT2D eigenvalue weighted by Crippen LogP contribution is -3.19. The molecule has 3 rings (SSSR count). The van der Waals surface area contributed by atoms with Gasteiger partial charge in [-0.25, -0.2) is 4.39 Å². The molecule has 0 bridgehead atoms. The van der Waals surface area contributed by atoms with Gasteiger partial charge in [0.15, 0.2) is 6.04 Å². The van der Waals surface area contributed by atoms with Crippen molar-refractivity contribution in [3.8, 4) is 0 Å². The van der Waals surface area contributed by atoms with Crippen LogP contribution in [0.4, 0.5) is 15.8 Å². The zero-order valence-corrected chi connectivity index (χ0v) is 16.7. The number of rotatable bonds is 4. The predicted molar refractivity (Wildman–Crippen MR) is 108 cm³/mol. The third kappa shape index (κ3) is 4.42. The van der Waals surface area contributed by atoms with Gasteiger partial charge < -0.3 is 15.1 Å². The number of hydrogen-bond acceptors (Lipinski definition) is 2. The Morgan fingerprint density at radius 1 is 1.22 bits per heavy atom. The molecule has 2 N–H and O–H groups in total. The number of carbonyl (C=O) groups is 1. The lowest BCUT2D eigenvalue weighted by Gasteiger charge is -2.36. The Morgan fingerprint density at radius 2 is 1.93 bits per heavy atom. The molecule has 1 aliphatic heterocycles. The van der Waals surface area contributed by atoms with Gasteiger partial charge in [0.25, 0.3) is 5.91 Å². The second kappa shape index (κ2) is 8.28. The van der Waals surface area contributed by atoms with E-state index >= 15 is 0 Å². The molecule has 0 aliphatic carbocycles. The lowest BCUT2D eigenvalue weighted by atomic mass is 10.1. The number of halogens is 2. The number of amides is 1. The van der Waals surface area contributed by atoms with Crippen LogP contribution in [0, 0.1) is 19.7 Å². The molecule has 1 atom stereocenters. The molecule has 0 aromatic heterocycles. The van der Waals surface area contributed by atoms with Crippen LogP contribution in [-0.2, 0) is 4.79 Å². The molecule has 6 heteroatoms. The number of piperazine rings is 1. The summed E-state index contributed by atoms with van der Waals surface area (Å²) in [5.74, 6) is -0.516. The van der Waals surface area contributed by atoms with E-state index in [4.69, 9.17) is 11.6 Å². The molecule has 27 heavy (non-hydrogen) atoms. The number of hydrogen-bond donors (Lipinski definition) is 2. The van der Waals surface area contributed by atoms with Crippen molar-refractivity contribution in [1.29, 1.82) is 0 Å². The first-order chi connectivity index (χ1) is 12.9. The summed E-state index contributed by atoms with van der Waals surface area (Å²) in [4.78, 5) is 16.2. The van der Waals surface area contributed by atoms with Gasteiger partial charge in [-0.3, -0.25) is 4.79 Å². The highest BCUT2D eigenvalue weighted by molar-refractivity contribution is 6.33. The molecule has 4 nitrogen and oxygen atoms in total. The molecule has 2 aromatic rings. The van der Waals surface area contributed by atoms with Crippen molar-refractivity contribution in [2.45, 2.75) is 26.8 Å². The standard InChI is InChI=1S/C21H25ClFN3O/c1-14-5-4-6-20(15(14)2)26-11-9-25(10-12-26)16(3)21(27)24-19-8-7-17(23)13-18(19)22/h4-8,13,16H,9-12H2,1-3H3,(H,24,27)/p+1/t16-/m0/s1. The van der Waals surface area contributed by atoms with Gasteiger partial charge in [-0.1, -0.05) is 23.7 Å². The van der Waals surface area contributed by atoms with E-state index in [1.54, 1.807) is 0 Å². The summed E-state index contributed by atoms with van der Waals surface area (Å²) in [6, 6.07) is 10.2. The molecule has 1 fully saturated rings. The Kier molecular flexibility index (Phi) is 6.02. The van der Waals surface area contributed by atoms with E-state index < -0.39 is 5.82 Å². The van der Waals surface area contributed by atoms with E-state index in [-0.39, 0.29) is 17.0 Å². The molecular weight excluding hydrogens is 365 g/mol. The van der Waals surface area contributed by atoms with Crippen LogP contribution in [-0.4, -0.2) is 38.1 Å². The molecule has 0 radical (unpaired) electrons. The summed E-state index contributed by atoms with van der Waals surface area (Å²) in [7, 11) is 0. The summed E-state index contributed by atoms with van der Waals surface area (Å²) < 4.78 is 13.2. The van der Waals surface area contributed by atoms with Crippen molar-refractivity contribution in [2.75, 3.05) is 36.4 Å². The number of aryl methyl sites for hydroxylation is 1. The largest absolute Gasteiger partial charge is 0.360 e. The average molecular weight is 391 g/mol. The first-order valence-electron chi connectivity index (χ1n) is 9.28. The minimum atomic E-state index is -0.417. The van der Waals surface area contributed by atoms with Gasteiger partial charge in [0.2, 0.25) is 0 Å². The summed E-state index contributed by atoms with van der Waals surface area (Å²) in [5.41, 5.74) is 4.34. The minimum absolute atomic E-state index is 0.0984. The molecule has 1 aliphatic rings. The van der Waals surface area contributed by atoms with E-state index in [9.17, 15) is 9.18 Å². The van der Waals surface area contributed by atoms with Gasteiger partial charge in [0.1, 0.15) is 5.82 Å². The van der Waals surface area contributed by atoms with E-state index in [1.807, 2.05) is 6.92 Å². The highest BCUT2D eigenvalue weighted by Gasteiger charge is 2.30. The summed E-state index contributed by atoms with van der Waals surface area (Å²) in [6.45, 7) is 9.82. The van der Waals surface area contributed by atoms with Crippen LogP contribution >= 0.6 is 11.6 Å². The molecule has 144 valence electrons. The first-order valence-corrected chi connectivity index (χ1v) is 9.66. The molecule has 1 saturated heterocycles. The number of nitrogens with one attached hydrogen (secondary N) is 2. The zero-order valence-electron chi connectivity index (χ0n) is 16.0. The van der Waals surface area contributed by atoms with E-state index in [1.165, 1.54) is 39.9 Å². The van der Waals surface area contributed by atoms with Gasteiger partial charge >= 0.3 is 0 Å². The maximum atomic E-state index is 13.2. The monoisotopic (exact) mass is 390 g/mol. The van der Waals surface area contributed by atoms with Crippen LogP contribution in [0.1, 0.15) is 18.1 Å². The quantitative estimate of drug-likeness (QED) is 0.842. The number of carbonyl (C=O) groups excluding carboxylic acids is 1. The Balaban J connectivity index is 1.60.